The highest BCUT2D eigenvalue weighted by atomic mass is 19.1. The molecule has 0 bridgehead atoms. The lowest BCUT2D eigenvalue weighted by Gasteiger charge is -2.27. The number of nitrogens with zero attached hydrogens (tertiary/aromatic N) is 1. The van der Waals surface area contributed by atoms with E-state index in [2.05, 4.69) is 0 Å². The number of carbonyl (C=O) groups is 2. The zero-order chi connectivity index (χ0) is 13.9. The molecule has 0 aromatic rings. The molecule has 1 saturated heterocycles. The molecule has 0 radical (unpaired) electrons. The van der Waals surface area contributed by atoms with Crippen molar-refractivity contribution in [1.82, 2.24) is 4.90 Å². The first-order valence-electron chi connectivity index (χ1n) is 5.74. The number of carboxylic acids is 1. The summed E-state index contributed by atoms with van der Waals surface area (Å²) in [5, 5.41) is 8.54. The summed E-state index contributed by atoms with van der Waals surface area (Å²) in [6, 6.07) is -0.564. The molecular weight excluding hydrogens is 241 g/mol. The fourth-order valence-electron chi connectivity index (χ4n) is 1.72. The number of likely N-dealkylation sites (tertiary alicyclic amines) is 1. The highest BCUT2D eigenvalue weighted by Crippen LogP contribution is 2.23. The summed E-state index contributed by atoms with van der Waals surface area (Å²) in [5.74, 6) is -1.12. The number of halogens is 1. The van der Waals surface area contributed by atoms with E-state index in [9.17, 15) is 14.0 Å². The molecule has 6 heteroatoms. The van der Waals surface area contributed by atoms with Crippen LogP contribution in [0.2, 0.25) is 0 Å². The quantitative estimate of drug-likeness (QED) is 0.770. The maximum absolute atomic E-state index is 13.3. The van der Waals surface area contributed by atoms with E-state index in [0.717, 1.165) is 6.08 Å². The first-order valence-corrected chi connectivity index (χ1v) is 5.74. The van der Waals surface area contributed by atoms with Gasteiger partial charge in [0.25, 0.3) is 0 Å². The number of carbonyl (C=O) groups excluding carboxylic acids is 1. The second-order valence-electron chi connectivity index (χ2n) is 5.23. The first kappa shape index (κ1) is 14.5. The molecule has 0 spiro atoms. The highest BCUT2D eigenvalue weighted by Gasteiger charge is 2.36. The van der Waals surface area contributed by atoms with Crippen molar-refractivity contribution in [2.24, 2.45) is 0 Å². The molecule has 0 aromatic carbocycles. The van der Waals surface area contributed by atoms with Crippen molar-refractivity contribution in [3.8, 4) is 0 Å². The van der Waals surface area contributed by atoms with E-state index in [1.54, 1.807) is 20.8 Å². The fraction of sp³-hybridized carbons (Fsp3) is 0.667. The molecule has 0 saturated carbocycles. The van der Waals surface area contributed by atoms with E-state index in [1.807, 2.05) is 0 Å². The second-order valence-corrected chi connectivity index (χ2v) is 5.23. The van der Waals surface area contributed by atoms with Crippen LogP contribution in [0.5, 0.6) is 0 Å². The first-order chi connectivity index (χ1) is 8.19. The Morgan fingerprint density at radius 1 is 1.44 bits per heavy atom. The van der Waals surface area contributed by atoms with Gasteiger partial charge in [-0.15, -0.1) is 0 Å². The molecule has 1 aliphatic rings. The number of carboxylic acid groups (broad SMARTS) is 1. The molecule has 1 N–H and O–H groups in total. The molecule has 0 aromatic heterocycles. The van der Waals surface area contributed by atoms with Crippen molar-refractivity contribution in [2.45, 2.75) is 45.0 Å². The van der Waals surface area contributed by atoms with Gasteiger partial charge in [-0.25, -0.2) is 14.0 Å². The van der Waals surface area contributed by atoms with Crippen LogP contribution < -0.4 is 0 Å². The number of hydrogen-bond acceptors (Lipinski definition) is 3. The lowest BCUT2D eigenvalue weighted by Crippen LogP contribution is -2.39. The van der Waals surface area contributed by atoms with Crippen LogP contribution in [0.15, 0.2) is 12.2 Å². The smallest absolute Gasteiger partial charge is 0.410 e. The summed E-state index contributed by atoms with van der Waals surface area (Å²) in [6.07, 6.45) is 0.554. The third-order valence-electron chi connectivity index (χ3n) is 2.38. The summed E-state index contributed by atoms with van der Waals surface area (Å²) >= 11 is 0. The Hall–Kier alpha value is -1.59. The Morgan fingerprint density at radius 3 is 2.56 bits per heavy atom. The van der Waals surface area contributed by atoms with Gasteiger partial charge in [-0.3, -0.25) is 4.90 Å². The number of ether oxygens (including phenoxy) is 1. The van der Waals surface area contributed by atoms with Crippen molar-refractivity contribution in [2.75, 3.05) is 6.54 Å². The molecule has 2 atom stereocenters. The number of alkyl halides is 1. The topological polar surface area (TPSA) is 66.8 Å². The van der Waals surface area contributed by atoms with E-state index in [4.69, 9.17) is 9.84 Å². The molecule has 1 rings (SSSR count). The summed E-state index contributed by atoms with van der Waals surface area (Å²) < 4.78 is 18.5. The van der Waals surface area contributed by atoms with Gasteiger partial charge in [0.15, 0.2) is 0 Å². The predicted octanol–water partition coefficient (Wildman–Crippen LogP) is 1.97. The average molecular weight is 259 g/mol. The number of hydrogen-bond donors (Lipinski definition) is 1. The molecule has 1 amide bonds. The highest BCUT2D eigenvalue weighted by molar-refractivity contribution is 5.80. The van der Waals surface area contributed by atoms with Crippen LogP contribution in [0.25, 0.3) is 0 Å². The zero-order valence-corrected chi connectivity index (χ0v) is 10.7. The van der Waals surface area contributed by atoms with E-state index in [-0.39, 0.29) is 13.0 Å². The third-order valence-corrected chi connectivity index (χ3v) is 2.38. The summed E-state index contributed by atoms with van der Waals surface area (Å²) in [5.41, 5.74) is -0.660. The van der Waals surface area contributed by atoms with Crippen LogP contribution in [-0.4, -0.2) is 46.4 Å². The van der Waals surface area contributed by atoms with Gasteiger partial charge in [-0.1, -0.05) is 6.08 Å². The molecule has 5 nitrogen and oxygen atoms in total. The number of aliphatic carboxylic acids is 1. The van der Waals surface area contributed by atoms with Gasteiger partial charge in [0.1, 0.15) is 11.8 Å². The standard InChI is InChI=1S/C12H18FNO4/c1-12(2,3)18-11(17)14-7-8(13)6-9(14)4-5-10(15)16/h4-5,8-9H,6-7H2,1-3H3,(H,15,16)/b5-4+/t8-,9-/m0/s1. The second kappa shape index (κ2) is 5.37. The minimum atomic E-state index is -1.15. The molecule has 0 aliphatic carbocycles. The van der Waals surface area contributed by atoms with Crippen molar-refractivity contribution in [1.29, 1.82) is 0 Å². The van der Waals surface area contributed by atoms with Crippen LogP contribution in [0.1, 0.15) is 27.2 Å². The van der Waals surface area contributed by atoms with Crippen LogP contribution in [0.4, 0.5) is 9.18 Å². The monoisotopic (exact) mass is 259 g/mol. The van der Waals surface area contributed by atoms with Gasteiger partial charge < -0.3 is 9.84 Å². The molecule has 102 valence electrons. The lowest BCUT2D eigenvalue weighted by molar-refractivity contribution is -0.131. The van der Waals surface area contributed by atoms with Gasteiger partial charge in [0.2, 0.25) is 0 Å². The number of rotatable bonds is 2. The average Bonchev–Trinajstić information content (AvgIpc) is 2.54. The van der Waals surface area contributed by atoms with Gasteiger partial charge in [0, 0.05) is 12.5 Å². The third kappa shape index (κ3) is 4.35. The van der Waals surface area contributed by atoms with E-state index in [0.29, 0.717) is 0 Å². The van der Waals surface area contributed by atoms with E-state index < -0.39 is 29.9 Å². The van der Waals surface area contributed by atoms with Crippen molar-refractivity contribution in [3.63, 3.8) is 0 Å². The Balaban J connectivity index is 2.72. The van der Waals surface area contributed by atoms with Gasteiger partial charge >= 0.3 is 12.1 Å². The van der Waals surface area contributed by atoms with Crippen molar-refractivity contribution in [3.05, 3.63) is 12.2 Å². The molecule has 1 heterocycles. The van der Waals surface area contributed by atoms with E-state index >= 15 is 0 Å². The summed E-state index contributed by atoms with van der Waals surface area (Å²) in [7, 11) is 0. The van der Waals surface area contributed by atoms with Crippen LogP contribution in [0.3, 0.4) is 0 Å². The van der Waals surface area contributed by atoms with Gasteiger partial charge in [-0.05, 0) is 20.8 Å². The van der Waals surface area contributed by atoms with Crippen molar-refractivity contribution >= 4 is 12.1 Å². The Morgan fingerprint density at radius 2 is 2.06 bits per heavy atom. The summed E-state index contributed by atoms with van der Waals surface area (Å²) in [4.78, 5) is 23.5. The molecule has 1 aliphatic heterocycles. The Kier molecular flexibility index (Phi) is 4.32. The lowest BCUT2D eigenvalue weighted by atomic mass is 10.2. The van der Waals surface area contributed by atoms with Gasteiger partial charge in [-0.2, -0.15) is 0 Å². The normalized spacial score (nSPS) is 24.6. The SMILES string of the molecule is CC(C)(C)OC(=O)N1C[C@@H](F)C[C@@H]1/C=C/C(=O)O. The largest absolute Gasteiger partial charge is 0.478 e. The molecule has 0 unspecified atom stereocenters. The molecule has 1 fully saturated rings. The number of amides is 1. The molecular formula is C12H18FNO4. The maximum Gasteiger partial charge on any atom is 0.410 e. The summed E-state index contributed by atoms with van der Waals surface area (Å²) in [6.45, 7) is 5.09. The molecule has 18 heavy (non-hydrogen) atoms. The van der Waals surface area contributed by atoms with Gasteiger partial charge in [0.05, 0.1) is 12.6 Å². The maximum atomic E-state index is 13.3. The zero-order valence-electron chi connectivity index (χ0n) is 10.7. The van der Waals surface area contributed by atoms with Crippen LogP contribution in [-0.2, 0) is 9.53 Å². The predicted molar refractivity (Wildman–Crippen MR) is 63.0 cm³/mol. The Labute approximate surface area is 105 Å². The van der Waals surface area contributed by atoms with E-state index in [1.165, 1.54) is 11.0 Å². The van der Waals surface area contributed by atoms with Crippen molar-refractivity contribution < 1.29 is 23.8 Å². The minimum absolute atomic E-state index is 0.0659. The fourth-order valence-corrected chi connectivity index (χ4v) is 1.72. The minimum Gasteiger partial charge on any atom is -0.478 e. The van der Waals surface area contributed by atoms with Crippen LogP contribution >= 0.6 is 0 Å². The Bertz CT molecular complexity index is 362. The van der Waals surface area contributed by atoms with Crippen LogP contribution in [0, 0.1) is 0 Å².